The average molecular weight is 218 g/mol. The number of rotatable bonds is 2. The first kappa shape index (κ1) is 9.43. The molecule has 16 heavy (non-hydrogen) atoms. The van der Waals surface area contributed by atoms with E-state index in [1.807, 2.05) is 0 Å². The van der Waals surface area contributed by atoms with Crippen LogP contribution in [0.1, 0.15) is 0 Å². The minimum Gasteiger partial charge on any atom is -0.396 e. The quantitative estimate of drug-likeness (QED) is 0.681. The van der Waals surface area contributed by atoms with E-state index in [-0.39, 0.29) is 0 Å². The van der Waals surface area contributed by atoms with E-state index in [1.54, 1.807) is 0 Å². The molecule has 8 atom stereocenters. The second-order valence-electron chi connectivity index (χ2n) is 5.93. The van der Waals surface area contributed by atoms with Crippen LogP contribution in [0.25, 0.3) is 0 Å². The molecule has 2 nitrogen and oxygen atoms in total. The van der Waals surface area contributed by atoms with E-state index in [9.17, 15) is 10.2 Å². The summed E-state index contributed by atoms with van der Waals surface area (Å²) in [5.41, 5.74) is 0. The Balaban J connectivity index is 1.80. The second kappa shape index (κ2) is 2.99. The molecule has 2 N–H and O–H groups in total. The fourth-order valence-corrected chi connectivity index (χ4v) is 5.28. The van der Waals surface area contributed by atoms with Crippen molar-refractivity contribution in [2.24, 2.45) is 47.3 Å². The van der Waals surface area contributed by atoms with Gasteiger partial charge in [0.05, 0.1) is 0 Å². The molecule has 0 spiro atoms. The van der Waals surface area contributed by atoms with Crippen LogP contribution in [0.5, 0.6) is 0 Å². The Labute approximate surface area is 95.7 Å². The summed E-state index contributed by atoms with van der Waals surface area (Å²) in [6.45, 7) is 0.639. The number of aliphatic hydroxyl groups is 2. The van der Waals surface area contributed by atoms with Gasteiger partial charge in [0.2, 0.25) is 0 Å². The molecule has 4 unspecified atom stereocenters. The van der Waals surface area contributed by atoms with Crippen molar-refractivity contribution in [3.8, 4) is 0 Å². The molecule has 0 aliphatic heterocycles. The fraction of sp³-hybridized carbons (Fsp3) is 0.714. The zero-order valence-electron chi connectivity index (χ0n) is 9.24. The highest BCUT2D eigenvalue weighted by Crippen LogP contribution is 2.66. The molecular formula is C14H18O2. The van der Waals surface area contributed by atoms with E-state index in [0.717, 1.165) is 0 Å². The first-order valence-corrected chi connectivity index (χ1v) is 6.45. The Morgan fingerprint density at radius 1 is 0.625 bits per heavy atom. The molecule has 0 aromatic carbocycles. The maximum absolute atomic E-state index is 9.57. The Morgan fingerprint density at radius 3 is 1.19 bits per heavy atom. The predicted molar refractivity (Wildman–Crippen MR) is 60.4 cm³/mol. The number of aliphatic hydroxyl groups excluding tert-OH is 2. The maximum atomic E-state index is 9.57. The van der Waals surface area contributed by atoms with Crippen molar-refractivity contribution in [1.82, 2.24) is 0 Å². The van der Waals surface area contributed by atoms with Gasteiger partial charge in [0.1, 0.15) is 0 Å². The van der Waals surface area contributed by atoms with E-state index in [1.165, 1.54) is 0 Å². The molecule has 0 saturated heterocycles. The zero-order valence-corrected chi connectivity index (χ0v) is 9.24. The molecule has 0 aromatic heterocycles. The third-order valence-corrected chi connectivity index (χ3v) is 5.73. The summed E-state index contributed by atoms with van der Waals surface area (Å²) in [5.74, 6) is 4.61. The predicted octanol–water partition coefficient (Wildman–Crippen LogP) is 1.07. The monoisotopic (exact) mass is 218 g/mol. The molecule has 0 bridgehead atoms. The van der Waals surface area contributed by atoms with E-state index in [4.69, 9.17) is 0 Å². The molecule has 0 amide bonds. The lowest BCUT2D eigenvalue weighted by atomic mass is 9.84. The van der Waals surface area contributed by atoms with Gasteiger partial charge in [-0.3, -0.25) is 0 Å². The lowest BCUT2D eigenvalue weighted by Gasteiger charge is -2.22. The minimum atomic E-state index is 0.320. The number of hydrogen-bond donors (Lipinski definition) is 2. The van der Waals surface area contributed by atoms with Crippen molar-refractivity contribution in [1.29, 1.82) is 0 Å². The highest BCUT2D eigenvalue weighted by Gasteiger charge is 2.63. The largest absolute Gasteiger partial charge is 0.396 e. The fourth-order valence-electron chi connectivity index (χ4n) is 5.28. The van der Waals surface area contributed by atoms with Crippen LogP contribution in [0.4, 0.5) is 0 Å². The Bertz CT molecular complexity index is 309. The Morgan fingerprint density at radius 2 is 0.938 bits per heavy atom. The zero-order chi connectivity index (χ0) is 10.9. The van der Waals surface area contributed by atoms with E-state index in [2.05, 4.69) is 24.3 Å². The molecule has 0 heterocycles. The summed E-state index contributed by atoms with van der Waals surface area (Å²) in [7, 11) is 0. The van der Waals surface area contributed by atoms with Gasteiger partial charge in [-0.25, -0.2) is 0 Å². The summed E-state index contributed by atoms with van der Waals surface area (Å²) in [4.78, 5) is 0. The molecule has 0 radical (unpaired) electrons. The van der Waals surface area contributed by atoms with Crippen LogP contribution in [-0.4, -0.2) is 23.4 Å². The summed E-state index contributed by atoms with van der Waals surface area (Å²) >= 11 is 0. The van der Waals surface area contributed by atoms with Gasteiger partial charge < -0.3 is 10.2 Å². The van der Waals surface area contributed by atoms with E-state index < -0.39 is 0 Å². The first-order valence-electron chi connectivity index (χ1n) is 6.45. The van der Waals surface area contributed by atoms with Crippen molar-refractivity contribution in [2.75, 3.05) is 13.2 Å². The van der Waals surface area contributed by atoms with Crippen LogP contribution < -0.4 is 0 Å². The smallest absolute Gasteiger partial charge is 0.0470 e. The van der Waals surface area contributed by atoms with Gasteiger partial charge in [-0.05, 0) is 47.3 Å². The SMILES string of the molecule is OCC1[C@H]2C=C[C@@H]3C(CO)[C@@H]4C=C[C@H]1C4C23. The molecule has 4 aliphatic rings. The highest BCUT2D eigenvalue weighted by atomic mass is 16.3. The van der Waals surface area contributed by atoms with Crippen molar-refractivity contribution < 1.29 is 10.2 Å². The number of allylic oxidation sites excluding steroid dienone is 4. The van der Waals surface area contributed by atoms with E-state index in [0.29, 0.717) is 60.6 Å². The minimum absolute atomic E-state index is 0.320. The lowest BCUT2D eigenvalue weighted by Crippen LogP contribution is -2.22. The summed E-state index contributed by atoms with van der Waals surface area (Å²) in [6, 6.07) is 0. The van der Waals surface area contributed by atoms with Crippen LogP contribution in [-0.2, 0) is 0 Å². The molecular weight excluding hydrogens is 200 g/mol. The molecule has 86 valence electrons. The van der Waals surface area contributed by atoms with Gasteiger partial charge in [-0.15, -0.1) is 0 Å². The highest BCUT2D eigenvalue weighted by molar-refractivity contribution is 5.29. The van der Waals surface area contributed by atoms with Crippen LogP contribution in [0.15, 0.2) is 24.3 Å². The van der Waals surface area contributed by atoms with Crippen molar-refractivity contribution in [3.05, 3.63) is 24.3 Å². The van der Waals surface area contributed by atoms with Gasteiger partial charge in [0, 0.05) is 13.2 Å². The topological polar surface area (TPSA) is 40.5 Å². The average Bonchev–Trinajstić information content (AvgIpc) is 2.95. The van der Waals surface area contributed by atoms with Gasteiger partial charge in [0.25, 0.3) is 0 Å². The third-order valence-electron chi connectivity index (χ3n) is 5.73. The number of hydrogen-bond acceptors (Lipinski definition) is 2. The second-order valence-corrected chi connectivity index (χ2v) is 5.93. The van der Waals surface area contributed by atoms with Gasteiger partial charge >= 0.3 is 0 Å². The molecule has 4 aliphatic carbocycles. The first-order chi connectivity index (χ1) is 7.86. The van der Waals surface area contributed by atoms with Crippen molar-refractivity contribution >= 4 is 0 Å². The maximum Gasteiger partial charge on any atom is 0.0470 e. The summed E-state index contributed by atoms with van der Waals surface area (Å²) in [5, 5.41) is 19.1. The molecule has 4 rings (SSSR count). The third kappa shape index (κ3) is 0.844. The molecule has 0 aromatic rings. The Hall–Kier alpha value is -0.600. The van der Waals surface area contributed by atoms with Crippen LogP contribution in [0, 0.1) is 47.3 Å². The van der Waals surface area contributed by atoms with Crippen molar-refractivity contribution in [2.45, 2.75) is 0 Å². The van der Waals surface area contributed by atoms with Gasteiger partial charge in [0.15, 0.2) is 0 Å². The van der Waals surface area contributed by atoms with E-state index >= 15 is 0 Å². The molecule has 2 heteroatoms. The summed E-state index contributed by atoms with van der Waals surface area (Å²) < 4.78 is 0. The van der Waals surface area contributed by atoms with Crippen LogP contribution >= 0.6 is 0 Å². The molecule has 2 saturated carbocycles. The summed E-state index contributed by atoms with van der Waals surface area (Å²) in [6.07, 6.45) is 9.28. The normalized spacial score (nSPS) is 59.9. The van der Waals surface area contributed by atoms with Gasteiger partial charge in [-0.1, -0.05) is 24.3 Å². The molecule has 2 fully saturated rings. The van der Waals surface area contributed by atoms with Crippen LogP contribution in [0.2, 0.25) is 0 Å². The lowest BCUT2D eigenvalue weighted by molar-refractivity contribution is 0.149. The Kier molecular flexibility index (Phi) is 1.76. The van der Waals surface area contributed by atoms with Crippen LogP contribution in [0.3, 0.4) is 0 Å². The van der Waals surface area contributed by atoms with Crippen molar-refractivity contribution in [3.63, 3.8) is 0 Å². The standard InChI is InChI=1S/C14H18O2/c15-5-11-7-1-2-8-12(6-16)10-4-3-9(11)14(10)13(7)8/h1-4,7-16H,5-6H2/t7-,8-,9-,10+,11?,12?,13?,14?/m1/s1. The van der Waals surface area contributed by atoms with Gasteiger partial charge in [-0.2, -0.15) is 0 Å².